The highest BCUT2D eigenvalue weighted by atomic mass is 32.2. The summed E-state index contributed by atoms with van der Waals surface area (Å²) < 4.78 is 22.8. The topological polar surface area (TPSA) is 118 Å². The Morgan fingerprint density at radius 3 is 1.12 bits per heavy atom. The van der Waals surface area contributed by atoms with E-state index in [1.807, 2.05) is 0 Å². The van der Waals surface area contributed by atoms with Crippen LogP contribution < -0.4 is 0 Å². The van der Waals surface area contributed by atoms with Gasteiger partial charge in [-0.05, 0) is 0 Å². The molecule has 0 atom stereocenters. The second-order valence-corrected chi connectivity index (χ2v) is 1.04. The first-order valence-electron chi connectivity index (χ1n) is 1.31. The molecule has 5 N–H and O–H groups in total. The molecule has 8 heavy (non-hydrogen) atoms. The van der Waals surface area contributed by atoms with Gasteiger partial charge in [0.25, 0.3) is 11.4 Å². The minimum absolute atomic E-state index is 2.17. The van der Waals surface area contributed by atoms with E-state index in [-0.39, 0.29) is 0 Å². The van der Waals surface area contributed by atoms with Crippen molar-refractivity contribution in [2.45, 2.75) is 0 Å². The van der Waals surface area contributed by atoms with E-state index in [0.717, 1.165) is 0 Å². The van der Waals surface area contributed by atoms with E-state index < -0.39 is 18.7 Å². The van der Waals surface area contributed by atoms with Crippen molar-refractivity contribution in [1.82, 2.24) is 0 Å². The van der Waals surface area contributed by atoms with Crippen molar-refractivity contribution in [2.75, 3.05) is 0 Å². The van der Waals surface area contributed by atoms with Crippen LogP contribution in [0.5, 0.6) is 0 Å². The first-order valence-corrected chi connectivity index (χ1v) is 2.37. The van der Waals surface area contributed by atoms with Gasteiger partial charge in [-0.2, -0.15) is 4.21 Å². The number of rotatable bonds is 0. The molecule has 0 heterocycles. The zero-order valence-corrected chi connectivity index (χ0v) is 4.45. The Bertz CT molecular complexity index is 52.8. The summed E-state index contributed by atoms with van der Waals surface area (Å²) in [5.74, 6) is 0. The van der Waals surface area contributed by atoms with Gasteiger partial charge in [-0.25, -0.2) is 0 Å². The van der Waals surface area contributed by atoms with Crippen LogP contribution in [0.4, 0.5) is 0 Å². The Labute approximate surface area is 48.1 Å². The molecule has 0 aliphatic rings. The van der Waals surface area contributed by atoms with E-state index >= 15 is 0 Å². The average Bonchev–Trinajstić information content (AvgIpc) is 1.25. The van der Waals surface area contributed by atoms with Gasteiger partial charge in [0.2, 0.25) is 0 Å². The minimum atomic E-state index is -2.61. The van der Waals surface area contributed by atoms with Gasteiger partial charge in [0.1, 0.15) is 0 Å². The Morgan fingerprint density at radius 2 is 1.12 bits per heavy atom. The fourth-order valence-electron chi connectivity index (χ4n) is 0. The van der Waals surface area contributed by atoms with Crippen molar-refractivity contribution in [3.8, 4) is 0 Å². The second kappa shape index (κ2) is 7.01. The summed E-state index contributed by atoms with van der Waals surface area (Å²) in [6.45, 7) is 0. The van der Waals surface area contributed by atoms with Crippen molar-refractivity contribution in [2.24, 2.45) is 0 Å². The molecule has 0 amide bonds. The van der Waals surface area contributed by atoms with Crippen LogP contribution in [-0.4, -0.2) is 35.7 Å². The van der Waals surface area contributed by atoms with Crippen molar-refractivity contribution in [1.29, 1.82) is 0 Å². The molecule has 0 aromatic heterocycles. The summed E-state index contributed by atoms with van der Waals surface area (Å²) in [5, 5.41) is 21.5. The molecule has 0 radical (unpaired) electrons. The Hall–Kier alpha value is 0.0149. The van der Waals surface area contributed by atoms with Gasteiger partial charge < -0.3 is 15.1 Å². The Balaban J connectivity index is 0. The summed E-state index contributed by atoms with van der Waals surface area (Å²) in [7, 11) is -2.17. The van der Waals surface area contributed by atoms with Gasteiger partial charge in [-0.1, -0.05) is 0 Å². The molecular weight excluding hydrogens is 139 g/mol. The molecule has 50 valence electrons. The third-order valence-corrected chi connectivity index (χ3v) is 0. The fourth-order valence-corrected chi connectivity index (χ4v) is 0. The Morgan fingerprint density at radius 1 is 1.12 bits per heavy atom. The van der Waals surface area contributed by atoms with Gasteiger partial charge in [-0.15, -0.1) is 0 Å². The molecule has 0 rings (SSSR count). The third kappa shape index (κ3) is 678000. The van der Waals surface area contributed by atoms with Crippen molar-refractivity contribution < 1.29 is 28.4 Å². The summed E-state index contributed by atoms with van der Waals surface area (Å²) in [6.07, 6.45) is 0. The summed E-state index contributed by atoms with van der Waals surface area (Å²) in [5.41, 5.74) is 0. The highest BCUT2D eigenvalue weighted by molar-refractivity contribution is 7.73. The zero-order chi connectivity index (χ0) is 7.15. The van der Waals surface area contributed by atoms with Gasteiger partial charge in [0.15, 0.2) is 0 Å². The first-order chi connectivity index (χ1) is 3.46. The number of hydrogen-bond acceptors (Lipinski definition) is 4. The fraction of sp³-hybridized carbons (Fsp3) is 0. The molecule has 6 nitrogen and oxygen atoms in total. The second-order valence-electron chi connectivity index (χ2n) is 0.577. The minimum Gasteiger partial charge on any atom is -0.402 e. The molecule has 0 aliphatic heterocycles. The summed E-state index contributed by atoms with van der Waals surface area (Å²) in [6, 6.07) is 0. The monoisotopic (exact) mass is 144 g/mol. The van der Waals surface area contributed by atoms with E-state index in [0.29, 0.717) is 0 Å². The highest BCUT2D eigenvalue weighted by Gasteiger charge is 1.92. The SMILES string of the molecule is O=S(O)O.OB(O)O. The molecule has 0 saturated heterocycles. The van der Waals surface area contributed by atoms with Gasteiger partial charge in [0, 0.05) is 0 Å². The lowest BCUT2D eigenvalue weighted by Gasteiger charge is -1.69. The van der Waals surface area contributed by atoms with Crippen LogP contribution in [0.25, 0.3) is 0 Å². The van der Waals surface area contributed by atoms with E-state index in [9.17, 15) is 0 Å². The highest BCUT2D eigenvalue weighted by Crippen LogP contribution is 1.44. The molecular formula is H5BO6S. The molecule has 0 fully saturated rings. The largest absolute Gasteiger partial charge is 0.631 e. The third-order valence-electron chi connectivity index (χ3n) is 0. The van der Waals surface area contributed by atoms with Gasteiger partial charge >= 0.3 is 7.32 Å². The average molecular weight is 144 g/mol. The predicted molar refractivity (Wildman–Crippen MR) is 25.8 cm³/mol. The van der Waals surface area contributed by atoms with Crippen molar-refractivity contribution in [3.05, 3.63) is 0 Å². The van der Waals surface area contributed by atoms with Gasteiger partial charge in [0.05, 0.1) is 0 Å². The summed E-state index contributed by atoms with van der Waals surface area (Å²) in [4.78, 5) is 0. The number of hydrogen-bond donors (Lipinski definition) is 5. The maximum absolute atomic E-state index is 8.67. The normalized spacial score (nSPS) is 7.75. The van der Waals surface area contributed by atoms with Crippen molar-refractivity contribution >= 4 is 18.7 Å². The molecule has 0 saturated carbocycles. The first kappa shape index (κ1) is 10.9. The molecule has 0 aromatic carbocycles. The maximum atomic E-state index is 8.67. The summed E-state index contributed by atoms with van der Waals surface area (Å²) >= 11 is -2.61. The van der Waals surface area contributed by atoms with E-state index in [1.54, 1.807) is 0 Å². The molecule has 0 aromatic rings. The van der Waals surface area contributed by atoms with Gasteiger partial charge in [-0.3, -0.25) is 9.11 Å². The van der Waals surface area contributed by atoms with Crippen molar-refractivity contribution in [3.63, 3.8) is 0 Å². The Kier molecular flexibility index (Phi) is 9.56. The zero-order valence-electron chi connectivity index (χ0n) is 3.63. The maximum Gasteiger partial charge on any atom is 0.631 e. The van der Waals surface area contributed by atoms with E-state index in [4.69, 9.17) is 28.4 Å². The van der Waals surface area contributed by atoms with Crippen LogP contribution in [0.15, 0.2) is 0 Å². The molecule has 0 unspecified atom stereocenters. The molecule has 0 spiro atoms. The van der Waals surface area contributed by atoms with Crippen LogP contribution in [0.1, 0.15) is 0 Å². The molecule has 0 bridgehead atoms. The van der Waals surface area contributed by atoms with E-state index in [1.165, 1.54) is 0 Å². The van der Waals surface area contributed by atoms with Crippen LogP contribution in [0.3, 0.4) is 0 Å². The lowest BCUT2D eigenvalue weighted by atomic mass is 10.3. The quantitative estimate of drug-likeness (QED) is 0.191. The molecule has 8 heteroatoms. The predicted octanol–water partition coefficient (Wildman–Crippen LogP) is -2.37. The van der Waals surface area contributed by atoms with Crippen LogP contribution >= 0.6 is 0 Å². The van der Waals surface area contributed by atoms with Crippen LogP contribution in [0, 0.1) is 0 Å². The lowest BCUT2D eigenvalue weighted by molar-refractivity contribution is 0.278. The lowest BCUT2D eigenvalue weighted by Crippen LogP contribution is -2.07. The smallest absolute Gasteiger partial charge is 0.402 e. The van der Waals surface area contributed by atoms with E-state index in [2.05, 4.69) is 0 Å². The molecule has 0 aliphatic carbocycles. The standard InChI is InChI=1S/BH3O3.H2O3S/c2-1(3)4;1-4(2)3/h2-4H;(H2,1,2,3). The van der Waals surface area contributed by atoms with Crippen LogP contribution in [-0.2, 0) is 11.4 Å². The van der Waals surface area contributed by atoms with Crippen LogP contribution in [0.2, 0.25) is 0 Å².